The van der Waals surface area contributed by atoms with Gasteiger partial charge in [-0.25, -0.2) is 0 Å². The van der Waals surface area contributed by atoms with Crippen LogP contribution in [0.3, 0.4) is 0 Å². The summed E-state index contributed by atoms with van der Waals surface area (Å²) < 4.78 is 5.40. The Balaban J connectivity index is 1.73. The fraction of sp³-hybridized carbons (Fsp3) is 0.412. The van der Waals surface area contributed by atoms with Crippen LogP contribution < -0.4 is 0 Å². The first-order valence-electron chi connectivity index (χ1n) is 7.63. The number of likely N-dealkylation sites (tertiary alicyclic amines) is 1. The molecule has 1 aliphatic rings. The molecular formula is C17H20N2O3. The van der Waals surface area contributed by atoms with Gasteiger partial charge in [-0.05, 0) is 26.3 Å². The molecule has 1 aliphatic heterocycles. The summed E-state index contributed by atoms with van der Waals surface area (Å²) in [6, 6.07) is 9.58. The van der Waals surface area contributed by atoms with Gasteiger partial charge in [-0.15, -0.1) is 0 Å². The highest BCUT2D eigenvalue weighted by molar-refractivity contribution is 5.73. The SMILES string of the molecule is Cc1ccc(-c2cc(CN3CCCCC3C(=O)O)on2)cc1. The highest BCUT2D eigenvalue weighted by Crippen LogP contribution is 2.23. The third-order valence-corrected chi connectivity index (χ3v) is 4.16. The van der Waals surface area contributed by atoms with Gasteiger partial charge in [-0.3, -0.25) is 9.69 Å². The van der Waals surface area contributed by atoms with Crippen LogP contribution in [-0.2, 0) is 11.3 Å². The zero-order valence-corrected chi connectivity index (χ0v) is 12.7. The van der Waals surface area contributed by atoms with E-state index in [1.165, 1.54) is 5.56 Å². The summed E-state index contributed by atoms with van der Waals surface area (Å²) in [4.78, 5) is 13.3. The molecule has 0 aliphatic carbocycles. The van der Waals surface area contributed by atoms with E-state index < -0.39 is 12.0 Å². The van der Waals surface area contributed by atoms with Crippen molar-refractivity contribution in [2.45, 2.75) is 38.8 Å². The van der Waals surface area contributed by atoms with Crippen LogP contribution in [0.5, 0.6) is 0 Å². The van der Waals surface area contributed by atoms with Crippen molar-refractivity contribution in [3.05, 3.63) is 41.7 Å². The van der Waals surface area contributed by atoms with Crippen molar-refractivity contribution in [3.8, 4) is 11.3 Å². The largest absolute Gasteiger partial charge is 0.480 e. The Bertz CT molecular complexity index is 648. The van der Waals surface area contributed by atoms with E-state index in [2.05, 4.69) is 5.16 Å². The first-order chi connectivity index (χ1) is 10.6. The third kappa shape index (κ3) is 3.20. The quantitative estimate of drug-likeness (QED) is 0.940. The number of hydrogen-bond acceptors (Lipinski definition) is 4. The molecule has 0 spiro atoms. The fourth-order valence-electron chi connectivity index (χ4n) is 2.91. The molecule has 0 radical (unpaired) electrons. The Morgan fingerprint density at radius 2 is 2.14 bits per heavy atom. The Kier molecular flexibility index (Phi) is 4.24. The number of carboxylic acids is 1. The lowest BCUT2D eigenvalue weighted by molar-refractivity contribution is -0.145. The molecule has 3 rings (SSSR count). The molecule has 2 heterocycles. The standard InChI is InChI=1S/C17H20N2O3/c1-12-5-7-13(8-6-12)15-10-14(22-18-15)11-19-9-3-2-4-16(19)17(20)21/h5-8,10,16H,2-4,9,11H2,1H3,(H,20,21). The highest BCUT2D eigenvalue weighted by Gasteiger charge is 2.29. The molecule has 0 saturated carbocycles. The molecule has 5 nitrogen and oxygen atoms in total. The van der Waals surface area contributed by atoms with Crippen LogP contribution in [0.4, 0.5) is 0 Å². The van der Waals surface area contributed by atoms with E-state index in [0.717, 1.165) is 30.6 Å². The van der Waals surface area contributed by atoms with Gasteiger partial charge in [0.1, 0.15) is 11.7 Å². The second kappa shape index (κ2) is 6.32. The maximum absolute atomic E-state index is 11.3. The van der Waals surface area contributed by atoms with E-state index in [9.17, 15) is 9.90 Å². The minimum absolute atomic E-state index is 0.415. The maximum atomic E-state index is 11.3. The number of hydrogen-bond donors (Lipinski definition) is 1. The lowest BCUT2D eigenvalue weighted by Gasteiger charge is -2.31. The van der Waals surface area contributed by atoms with Crippen LogP contribution in [0.1, 0.15) is 30.6 Å². The summed E-state index contributed by atoms with van der Waals surface area (Å²) in [5, 5.41) is 13.4. The van der Waals surface area contributed by atoms with Crippen molar-refractivity contribution in [2.24, 2.45) is 0 Å². The second-order valence-corrected chi connectivity index (χ2v) is 5.86. The van der Waals surface area contributed by atoms with Crippen molar-refractivity contribution in [1.82, 2.24) is 10.1 Å². The molecule has 1 N–H and O–H groups in total. The molecule has 0 amide bonds. The van der Waals surface area contributed by atoms with Gasteiger partial charge in [-0.2, -0.15) is 0 Å². The summed E-state index contributed by atoms with van der Waals surface area (Å²) in [5.41, 5.74) is 3.00. The fourth-order valence-corrected chi connectivity index (χ4v) is 2.91. The number of aromatic nitrogens is 1. The Hall–Kier alpha value is -2.14. The Morgan fingerprint density at radius 3 is 2.86 bits per heavy atom. The Labute approximate surface area is 129 Å². The topological polar surface area (TPSA) is 66.6 Å². The van der Waals surface area contributed by atoms with Gasteiger partial charge in [0.15, 0.2) is 5.76 Å². The lowest BCUT2D eigenvalue weighted by Crippen LogP contribution is -2.43. The summed E-state index contributed by atoms with van der Waals surface area (Å²) in [6.07, 6.45) is 2.70. The average Bonchev–Trinajstić information content (AvgIpc) is 2.97. The van der Waals surface area contributed by atoms with Crippen LogP contribution in [0.15, 0.2) is 34.9 Å². The number of aryl methyl sites for hydroxylation is 1. The van der Waals surface area contributed by atoms with Crippen LogP contribution >= 0.6 is 0 Å². The first kappa shape index (κ1) is 14.8. The van der Waals surface area contributed by atoms with E-state index >= 15 is 0 Å². The summed E-state index contributed by atoms with van der Waals surface area (Å²) in [5.74, 6) is -0.0401. The van der Waals surface area contributed by atoms with Crippen LogP contribution in [0.25, 0.3) is 11.3 Å². The molecule has 1 aromatic carbocycles. The van der Waals surface area contributed by atoms with Crippen molar-refractivity contribution >= 4 is 5.97 Å². The monoisotopic (exact) mass is 300 g/mol. The van der Waals surface area contributed by atoms with Gasteiger partial charge in [0.25, 0.3) is 0 Å². The highest BCUT2D eigenvalue weighted by atomic mass is 16.5. The van der Waals surface area contributed by atoms with Crippen LogP contribution in [-0.4, -0.2) is 33.7 Å². The molecule has 1 saturated heterocycles. The second-order valence-electron chi connectivity index (χ2n) is 5.86. The number of aliphatic carboxylic acids is 1. The molecule has 1 aromatic heterocycles. The predicted molar refractivity (Wildman–Crippen MR) is 82.4 cm³/mol. The zero-order chi connectivity index (χ0) is 15.5. The van der Waals surface area contributed by atoms with E-state index in [0.29, 0.717) is 18.7 Å². The molecule has 0 bridgehead atoms. The number of piperidine rings is 1. The lowest BCUT2D eigenvalue weighted by atomic mass is 10.0. The van der Waals surface area contributed by atoms with Gasteiger partial charge in [-0.1, -0.05) is 41.4 Å². The van der Waals surface area contributed by atoms with E-state index in [1.807, 2.05) is 42.2 Å². The number of nitrogens with zero attached hydrogens (tertiary/aromatic N) is 2. The minimum Gasteiger partial charge on any atom is -0.480 e. The van der Waals surface area contributed by atoms with Gasteiger partial charge in [0.2, 0.25) is 0 Å². The van der Waals surface area contributed by atoms with Gasteiger partial charge in [0, 0.05) is 11.6 Å². The summed E-state index contributed by atoms with van der Waals surface area (Å²) in [7, 11) is 0. The van der Waals surface area contributed by atoms with Crippen molar-refractivity contribution in [1.29, 1.82) is 0 Å². The van der Waals surface area contributed by atoms with Crippen molar-refractivity contribution < 1.29 is 14.4 Å². The Morgan fingerprint density at radius 1 is 1.36 bits per heavy atom. The first-order valence-corrected chi connectivity index (χ1v) is 7.63. The normalized spacial score (nSPS) is 19.2. The molecule has 5 heteroatoms. The summed E-state index contributed by atoms with van der Waals surface area (Å²) in [6.45, 7) is 3.33. The van der Waals surface area contributed by atoms with Gasteiger partial charge < -0.3 is 9.63 Å². The minimum atomic E-state index is -0.752. The van der Waals surface area contributed by atoms with E-state index in [-0.39, 0.29) is 0 Å². The summed E-state index contributed by atoms with van der Waals surface area (Å²) >= 11 is 0. The van der Waals surface area contributed by atoms with Crippen molar-refractivity contribution in [2.75, 3.05) is 6.54 Å². The molecule has 22 heavy (non-hydrogen) atoms. The third-order valence-electron chi connectivity index (χ3n) is 4.16. The number of carboxylic acid groups (broad SMARTS) is 1. The number of benzene rings is 1. The number of carbonyl (C=O) groups is 1. The van der Waals surface area contributed by atoms with Crippen molar-refractivity contribution in [3.63, 3.8) is 0 Å². The molecular weight excluding hydrogens is 280 g/mol. The van der Waals surface area contributed by atoms with E-state index in [4.69, 9.17) is 4.52 Å². The molecule has 116 valence electrons. The van der Waals surface area contributed by atoms with Crippen LogP contribution in [0.2, 0.25) is 0 Å². The van der Waals surface area contributed by atoms with Crippen LogP contribution in [0, 0.1) is 6.92 Å². The predicted octanol–water partition coefficient (Wildman–Crippen LogP) is 3.09. The average molecular weight is 300 g/mol. The van der Waals surface area contributed by atoms with E-state index in [1.54, 1.807) is 0 Å². The smallest absolute Gasteiger partial charge is 0.320 e. The van der Waals surface area contributed by atoms with Gasteiger partial charge >= 0.3 is 5.97 Å². The molecule has 1 atom stereocenters. The van der Waals surface area contributed by atoms with Gasteiger partial charge in [0.05, 0.1) is 6.54 Å². The molecule has 1 fully saturated rings. The molecule has 2 aromatic rings. The molecule has 1 unspecified atom stereocenters. The number of rotatable bonds is 4. The zero-order valence-electron chi connectivity index (χ0n) is 12.7. The maximum Gasteiger partial charge on any atom is 0.320 e.